The van der Waals surface area contributed by atoms with Gasteiger partial charge in [-0.1, -0.05) is 18.7 Å². The first-order valence-electron chi connectivity index (χ1n) is 10.6. The Hall–Kier alpha value is -3.15. The lowest BCUT2D eigenvalue weighted by Crippen LogP contribution is -2.31. The molecule has 156 valence electrons. The Labute approximate surface area is 178 Å². The molecule has 0 saturated carbocycles. The molecular formula is C24H29N5O. The van der Waals surface area contributed by atoms with Crippen molar-refractivity contribution in [2.75, 3.05) is 36.5 Å². The van der Waals surface area contributed by atoms with Crippen LogP contribution < -0.4 is 14.5 Å². The zero-order chi connectivity index (χ0) is 20.9. The van der Waals surface area contributed by atoms with Crippen LogP contribution in [0.1, 0.15) is 31.7 Å². The molecule has 0 atom stereocenters. The Morgan fingerprint density at radius 2 is 2.00 bits per heavy atom. The minimum absolute atomic E-state index is 0.806. The van der Waals surface area contributed by atoms with Gasteiger partial charge in [-0.25, -0.2) is 4.98 Å². The Morgan fingerprint density at radius 1 is 1.17 bits per heavy atom. The van der Waals surface area contributed by atoms with Gasteiger partial charge in [0.2, 0.25) is 5.95 Å². The lowest BCUT2D eigenvalue weighted by Gasteiger charge is -2.28. The predicted molar refractivity (Wildman–Crippen MR) is 124 cm³/mol. The minimum Gasteiger partial charge on any atom is -0.497 e. The minimum atomic E-state index is 0.806. The van der Waals surface area contributed by atoms with Crippen LogP contribution in [-0.2, 0) is 6.42 Å². The average molecular weight is 404 g/mol. The van der Waals surface area contributed by atoms with Crippen LogP contribution in [0.3, 0.4) is 0 Å². The molecule has 0 N–H and O–H groups in total. The molecule has 4 rings (SSSR count). The second kappa shape index (κ2) is 9.11. The Balaban J connectivity index is 1.85. The monoisotopic (exact) mass is 403 g/mol. The largest absolute Gasteiger partial charge is 0.497 e. The number of piperidine rings is 1. The summed E-state index contributed by atoms with van der Waals surface area (Å²) < 4.78 is 5.46. The molecule has 1 aromatic heterocycles. The summed E-state index contributed by atoms with van der Waals surface area (Å²) in [6.45, 7) is 8.74. The molecule has 1 aromatic carbocycles. The molecule has 3 heterocycles. The van der Waals surface area contributed by atoms with Gasteiger partial charge in [0.15, 0.2) is 0 Å². The number of ether oxygens (including phenoxy) is 1. The van der Waals surface area contributed by atoms with Gasteiger partial charge in [0.1, 0.15) is 11.6 Å². The Morgan fingerprint density at radius 3 is 2.73 bits per heavy atom. The van der Waals surface area contributed by atoms with E-state index in [2.05, 4.69) is 33.5 Å². The highest BCUT2D eigenvalue weighted by atomic mass is 16.5. The van der Waals surface area contributed by atoms with Crippen molar-refractivity contribution in [3.8, 4) is 17.0 Å². The van der Waals surface area contributed by atoms with Gasteiger partial charge in [-0.05, 0) is 50.8 Å². The fourth-order valence-corrected chi connectivity index (χ4v) is 4.12. The molecule has 0 radical (unpaired) electrons. The summed E-state index contributed by atoms with van der Waals surface area (Å²) in [5.74, 6) is 2.60. The SMILES string of the molecule is C=C/C(=C\N=C/C)N1CCc2c(-c3cccc(OC)c3)nc(N3CCCCC3)nc21. The highest BCUT2D eigenvalue weighted by molar-refractivity contribution is 5.75. The van der Waals surface area contributed by atoms with E-state index in [9.17, 15) is 0 Å². The van der Waals surface area contributed by atoms with Crippen LogP contribution in [0.4, 0.5) is 11.8 Å². The van der Waals surface area contributed by atoms with Gasteiger partial charge in [0, 0.05) is 37.0 Å². The zero-order valence-corrected chi connectivity index (χ0v) is 17.8. The molecule has 0 aliphatic carbocycles. The summed E-state index contributed by atoms with van der Waals surface area (Å²) >= 11 is 0. The topological polar surface area (TPSA) is 53.9 Å². The first-order chi connectivity index (χ1) is 14.7. The summed E-state index contributed by atoms with van der Waals surface area (Å²) in [6, 6.07) is 8.13. The molecule has 30 heavy (non-hydrogen) atoms. The lowest BCUT2D eigenvalue weighted by molar-refractivity contribution is 0.415. The maximum Gasteiger partial charge on any atom is 0.227 e. The normalized spacial score (nSPS) is 16.8. The van der Waals surface area contributed by atoms with E-state index in [4.69, 9.17) is 14.7 Å². The van der Waals surface area contributed by atoms with E-state index in [-0.39, 0.29) is 0 Å². The van der Waals surface area contributed by atoms with Crippen LogP contribution >= 0.6 is 0 Å². The summed E-state index contributed by atoms with van der Waals surface area (Å²) in [7, 11) is 1.69. The quantitative estimate of drug-likeness (QED) is 0.520. The van der Waals surface area contributed by atoms with Crippen LogP contribution in [0.25, 0.3) is 11.3 Å². The molecule has 0 unspecified atom stereocenters. The number of benzene rings is 1. The van der Waals surface area contributed by atoms with Crippen molar-refractivity contribution in [2.24, 2.45) is 4.99 Å². The van der Waals surface area contributed by atoms with Crippen molar-refractivity contribution >= 4 is 18.0 Å². The van der Waals surface area contributed by atoms with Crippen LogP contribution in [0.15, 0.2) is 53.8 Å². The fraction of sp³-hybridized carbons (Fsp3) is 0.375. The highest BCUT2D eigenvalue weighted by Gasteiger charge is 2.29. The number of hydrogen-bond donors (Lipinski definition) is 0. The van der Waals surface area contributed by atoms with Gasteiger partial charge < -0.3 is 14.5 Å². The zero-order valence-electron chi connectivity index (χ0n) is 17.8. The van der Waals surface area contributed by atoms with Crippen molar-refractivity contribution in [3.63, 3.8) is 0 Å². The number of fused-ring (bicyclic) bond motifs is 1. The highest BCUT2D eigenvalue weighted by Crippen LogP contribution is 2.38. The number of rotatable bonds is 6. The fourth-order valence-electron chi connectivity index (χ4n) is 4.12. The number of hydrogen-bond acceptors (Lipinski definition) is 6. The van der Waals surface area contributed by atoms with Crippen LogP contribution in [0.2, 0.25) is 0 Å². The van der Waals surface area contributed by atoms with E-state index in [1.165, 1.54) is 19.3 Å². The van der Waals surface area contributed by atoms with Gasteiger partial charge in [-0.15, -0.1) is 0 Å². The van der Waals surface area contributed by atoms with Crippen LogP contribution in [0, 0.1) is 0 Å². The van der Waals surface area contributed by atoms with Gasteiger partial charge in [-0.3, -0.25) is 4.99 Å². The van der Waals surface area contributed by atoms with E-state index in [1.807, 2.05) is 31.3 Å². The van der Waals surface area contributed by atoms with E-state index in [1.54, 1.807) is 13.3 Å². The summed E-state index contributed by atoms with van der Waals surface area (Å²) in [5.41, 5.74) is 4.16. The molecule has 0 spiro atoms. The molecular weight excluding hydrogens is 374 g/mol. The smallest absolute Gasteiger partial charge is 0.227 e. The molecule has 6 nitrogen and oxygen atoms in total. The predicted octanol–water partition coefficient (Wildman–Crippen LogP) is 4.62. The number of anilines is 2. The van der Waals surface area contributed by atoms with Crippen LogP contribution in [0.5, 0.6) is 5.75 Å². The molecule has 2 aliphatic heterocycles. The molecule has 2 aliphatic rings. The molecule has 6 heteroatoms. The van der Waals surface area contributed by atoms with E-state index < -0.39 is 0 Å². The summed E-state index contributed by atoms with van der Waals surface area (Å²) in [6.07, 6.45) is 9.98. The lowest BCUT2D eigenvalue weighted by atomic mass is 10.1. The van der Waals surface area contributed by atoms with Crippen molar-refractivity contribution in [3.05, 3.63) is 54.4 Å². The van der Waals surface area contributed by atoms with Gasteiger partial charge in [-0.2, -0.15) is 4.98 Å². The maximum absolute atomic E-state index is 5.46. The van der Waals surface area contributed by atoms with E-state index in [0.29, 0.717) is 0 Å². The Bertz CT molecular complexity index is 976. The molecule has 0 amide bonds. The molecule has 0 bridgehead atoms. The third-order valence-electron chi connectivity index (χ3n) is 5.67. The van der Waals surface area contributed by atoms with Gasteiger partial charge in [0.25, 0.3) is 0 Å². The third kappa shape index (κ3) is 3.95. The van der Waals surface area contributed by atoms with Crippen molar-refractivity contribution < 1.29 is 4.74 Å². The first kappa shape index (κ1) is 20.1. The summed E-state index contributed by atoms with van der Waals surface area (Å²) in [5, 5.41) is 0. The number of aromatic nitrogens is 2. The third-order valence-corrected chi connectivity index (χ3v) is 5.67. The van der Waals surface area contributed by atoms with Gasteiger partial charge in [0.05, 0.1) is 24.7 Å². The van der Waals surface area contributed by atoms with E-state index >= 15 is 0 Å². The Kier molecular flexibility index (Phi) is 6.12. The molecule has 1 fully saturated rings. The van der Waals surface area contributed by atoms with Crippen LogP contribution in [-0.4, -0.2) is 42.9 Å². The number of aliphatic imine (C=N–C) groups is 1. The second-order valence-electron chi connectivity index (χ2n) is 7.52. The standard InChI is InChI=1S/C24H29N5O/c1-4-19(17-25-5-2)29-15-12-21-22(18-10-9-11-20(16-18)30-3)26-24(27-23(21)29)28-13-7-6-8-14-28/h4-5,9-11,16-17H,1,6-8,12-15H2,2-3H3/b19-17+,25-5-. The van der Waals surface area contributed by atoms with E-state index in [0.717, 1.165) is 66.1 Å². The number of nitrogens with zero attached hydrogens (tertiary/aromatic N) is 5. The van der Waals surface area contributed by atoms with Crippen molar-refractivity contribution in [1.29, 1.82) is 0 Å². The number of methoxy groups -OCH3 is 1. The molecule has 2 aromatic rings. The van der Waals surface area contributed by atoms with Crippen molar-refractivity contribution in [1.82, 2.24) is 9.97 Å². The average Bonchev–Trinajstić information content (AvgIpc) is 3.23. The van der Waals surface area contributed by atoms with Gasteiger partial charge >= 0.3 is 0 Å². The maximum atomic E-state index is 5.46. The van der Waals surface area contributed by atoms with Crippen molar-refractivity contribution in [2.45, 2.75) is 32.6 Å². The second-order valence-corrected chi connectivity index (χ2v) is 7.52. The molecule has 1 saturated heterocycles. The first-order valence-corrected chi connectivity index (χ1v) is 10.6. The summed E-state index contributed by atoms with van der Waals surface area (Å²) in [4.78, 5) is 18.9. The number of allylic oxidation sites excluding steroid dienone is 1.